The molecule has 0 aliphatic rings. The minimum atomic E-state index is -0.731. The van der Waals surface area contributed by atoms with E-state index >= 15 is 0 Å². The number of nitrogens with two attached hydrogens (primary N) is 1. The van der Waals surface area contributed by atoms with E-state index in [1.54, 1.807) is 6.07 Å². The second-order valence-electron chi connectivity index (χ2n) is 3.32. The second-order valence-corrected chi connectivity index (χ2v) is 4.18. The molecule has 2 unspecified atom stereocenters. The molecule has 0 radical (unpaired) electrons. The molecule has 1 aromatic carbocycles. The summed E-state index contributed by atoms with van der Waals surface area (Å²) in [5.74, 6) is -0.445. The quantitative estimate of drug-likeness (QED) is 0.877. The molecule has 78 valence electrons. The minimum Gasteiger partial charge on any atom is -0.388 e. The average Bonchev–Trinajstić information content (AvgIpc) is 2.19. The topological polar surface area (TPSA) is 46.2 Å². The van der Waals surface area contributed by atoms with Gasteiger partial charge in [0, 0.05) is 4.47 Å². The third-order valence-electron chi connectivity index (χ3n) is 2.19. The number of hydrogen-bond acceptors (Lipinski definition) is 2. The third kappa shape index (κ3) is 2.53. The summed E-state index contributed by atoms with van der Waals surface area (Å²) in [5.41, 5.74) is 5.97. The lowest BCUT2D eigenvalue weighted by Crippen LogP contribution is -2.19. The fourth-order valence-electron chi connectivity index (χ4n) is 1.18. The van der Waals surface area contributed by atoms with Crippen LogP contribution >= 0.6 is 15.9 Å². The van der Waals surface area contributed by atoms with E-state index in [1.165, 1.54) is 12.1 Å². The van der Waals surface area contributed by atoms with E-state index in [2.05, 4.69) is 15.9 Å². The van der Waals surface area contributed by atoms with Crippen LogP contribution in [0.4, 0.5) is 4.39 Å². The summed E-state index contributed by atoms with van der Waals surface area (Å²) in [7, 11) is 0. The zero-order valence-electron chi connectivity index (χ0n) is 7.87. The van der Waals surface area contributed by atoms with Crippen LogP contribution in [0.1, 0.15) is 18.6 Å². The van der Waals surface area contributed by atoms with E-state index in [0.717, 1.165) is 0 Å². The van der Waals surface area contributed by atoms with Gasteiger partial charge in [-0.1, -0.05) is 22.9 Å². The highest BCUT2D eigenvalue weighted by atomic mass is 79.9. The molecule has 0 aromatic heterocycles. The lowest BCUT2D eigenvalue weighted by Gasteiger charge is -2.18. The summed E-state index contributed by atoms with van der Waals surface area (Å²) in [4.78, 5) is 0. The van der Waals surface area contributed by atoms with Crippen LogP contribution in [-0.4, -0.2) is 11.7 Å². The van der Waals surface area contributed by atoms with Gasteiger partial charge in [0.05, 0.1) is 6.10 Å². The van der Waals surface area contributed by atoms with Gasteiger partial charge in [-0.2, -0.15) is 0 Å². The van der Waals surface area contributed by atoms with Crippen LogP contribution in [0, 0.1) is 11.7 Å². The molecule has 2 atom stereocenters. The van der Waals surface area contributed by atoms with Crippen molar-refractivity contribution in [2.24, 2.45) is 11.7 Å². The zero-order chi connectivity index (χ0) is 10.7. The van der Waals surface area contributed by atoms with Gasteiger partial charge in [0.25, 0.3) is 0 Å². The van der Waals surface area contributed by atoms with Gasteiger partial charge in [-0.3, -0.25) is 0 Å². The first-order valence-corrected chi connectivity index (χ1v) is 5.18. The molecule has 3 N–H and O–H groups in total. The van der Waals surface area contributed by atoms with Crippen LogP contribution in [0.25, 0.3) is 0 Å². The molecule has 0 amide bonds. The number of aliphatic hydroxyl groups excluding tert-OH is 1. The normalized spacial score (nSPS) is 15.2. The van der Waals surface area contributed by atoms with Crippen molar-refractivity contribution in [1.29, 1.82) is 0 Å². The van der Waals surface area contributed by atoms with Gasteiger partial charge in [0.15, 0.2) is 0 Å². The van der Waals surface area contributed by atoms with Gasteiger partial charge < -0.3 is 10.8 Å². The molecule has 4 heteroatoms. The molecule has 0 aliphatic heterocycles. The third-order valence-corrected chi connectivity index (χ3v) is 2.91. The standard InChI is InChI=1S/C10H13BrFNO/c1-6(5-13)10(14)8-4-7(12)2-3-9(8)11/h2-4,6,10,14H,5,13H2,1H3. The first-order chi connectivity index (χ1) is 6.56. The maximum atomic E-state index is 12.9. The maximum Gasteiger partial charge on any atom is 0.123 e. The molecule has 1 aromatic rings. The number of benzene rings is 1. The van der Waals surface area contributed by atoms with Crippen molar-refractivity contribution in [3.05, 3.63) is 34.1 Å². The minimum absolute atomic E-state index is 0.0897. The van der Waals surface area contributed by atoms with Crippen molar-refractivity contribution in [3.63, 3.8) is 0 Å². The molecule has 1 rings (SSSR count). The summed E-state index contributed by atoms with van der Waals surface area (Å²) in [6.45, 7) is 2.19. The van der Waals surface area contributed by atoms with Gasteiger partial charge in [-0.15, -0.1) is 0 Å². The molecule has 0 spiro atoms. The molecular weight excluding hydrogens is 249 g/mol. The molecule has 14 heavy (non-hydrogen) atoms. The Hall–Kier alpha value is -0.450. The van der Waals surface area contributed by atoms with Crippen LogP contribution < -0.4 is 5.73 Å². The van der Waals surface area contributed by atoms with E-state index in [-0.39, 0.29) is 11.7 Å². The Morgan fingerprint density at radius 3 is 2.79 bits per heavy atom. The Morgan fingerprint density at radius 1 is 1.57 bits per heavy atom. The lowest BCUT2D eigenvalue weighted by atomic mass is 9.97. The Labute approximate surface area is 91.1 Å². The van der Waals surface area contributed by atoms with Crippen molar-refractivity contribution in [1.82, 2.24) is 0 Å². The highest BCUT2D eigenvalue weighted by Crippen LogP contribution is 2.28. The summed E-state index contributed by atoms with van der Waals surface area (Å²) in [5, 5.41) is 9.82. The predicted octanol–water partition coefficient (Wildman–Crippen LogP) is 2.22. The number of rotatable bonds is 3. The van der Waals surface area contributed by atoms with Gasteiger partial charge in [0.1, 0.15) is 5.82 Å². The van der Waals surface area contributed by atoms with E-state index in [0.29, 0.717) is 16.6 Å². The van der Waals surface area contributed by atoms with Crippen molar-refractivity contribution in [2.45, 2.75) is 13.0 Å². The second kappa shape index (κ2) is 4.87. The average molecular weight is 262 g/mol. The molecule has 0 saturated carbocycles. The van der Waals surface area contributed by atoms with E-state index in [1.807, 2.05) is 6.92 Å². The molecule has 0 heterocycles. The van der Waals surface area contributed by atoms with Crippen LogP contribution in [-0.2, 0) is 0 Å². The van der Waals surface area contributed by atoms with Crippen molar-refractivity contribution in [2.75, 3.05) is 6.54 Å². The number of halogens is 2. The molecule has 0 aliphatic carbocycles. The summed E-state index contributed by atoms with van der Waals surface area (Å²) in [6.07, 6.45) is -0.731. The highest BCUT2D eigenvalue weighted by Gasteiger charge is 2.17. The largest absolute Gasteiger partial charge is 0.388 e. The number of aliphatic hydroxyl groups is 1. The van der Waals surface area contributed by atoms with E-state index in [9.17, 15) is 9.50 Å². The first kappa shape index (κ1) is 11.6. The van der Waals surface area contributed by atoms with Crippen molar-refractivity contribution >= 4 is 15.9 Å². The van der Waals surface area contributed by atoms with Gasteiger partial charge in [0.2, 0.25) is 0 Å². The van der Waals surface area contributed by atoms with Gasteiger partial charge in [-0.25, -0.2) is 4.39 Å². The van der Waals surface area contributed by atoms with Crippen LogP contribution in [0.3, 0.4) is 0 Å². The summed E-state index contributed by atoms with van der Waals surface area (Å²) in [6, 6.07) is 4.24. The van der Waals surface area contributed by atoms with E-state index in [4.69, 9.17) is 5.73 Å². The Bertz CT molecular complexity index is 319. The van der Waals surface area contributed by atoms with Gasteiger partial charge >= 0.3 is 0 Å². The molecular formula is C10H13BrFNO. The molecule has 0 bridgehead atoms. The maximum absolute atomic E-state index is 12.9. The first-order valence-electron chi connectivity index (χ1n) is 4.39. The SMILES string of the molecule is CC(CN)C(O)c1cc(F)ccc1Br. The Kier molecular flexibility index (Phi) is 4.04. The molecule has 2 nitrogen and oxygen atoms in total. The number of hydrogen-bond donors (Lipinski definition) is 2. The highest BCUT2D eigenvalue weighted by molar-refractivity contribution is 9.10. The van der Waals surface area contributed by atoms with E-state index < -0.39 is 6.10 Å². The summed E-state index contributed by atoms with van der Waals surface area (Å²) < 4.78 is 13.6. The van der Waals surface area contributed by atoms with Crippen LogP contribution in [0.15, 0.2) is 22.7 Å². The molecule has 0 fully saturated rings. The smallest absolute Gasteiger partial charge is 0.123 e. The fourth-order valence-corrected chi connectivity index (χ4v) is 1.66. The van der Waals surface area contributed by atoms with Gasteiger partial charge in [-0.05, 0) is 36.2 Å². The lowest BCUT2D eigenvalue weighted by molar-refractivity contribution is 0.120. The van der Waals surface area contributed by atoms with Crippen LogP contribution in [0.2, 0.25) is 0 Å². The fraction of sp³-hybridized carbons (Fsp3) is 0.400. The van der Waals surface area contributed by atoms with Crippen molar-refractivity contribution < 1.29 is 9.50 Å². The molecule has 0 saturated heterocycles. The monoisotopic (exact) mass is 261 g/mol. The zero-order valence-corrected chi connectivity index (χ0v) is 9.46. The van der Waals surface area contributed by atoms with Crippen molar-refractivity contribution in [3.8, 4) is 0 Å². The summed E-state index contributed by atoms with van der Waals surface area (Å²) >= 11 is 3.26. The Morgan fingerprint density at radius 2 is 2.21 bits per heavy atom. The predicted molar refractivity (Wildman–Crippen MR) is 57.3 cm³/mol. The van der Waals surface area contributed by atoms with Crippen LogP contribution in [0.5, 0.6) is 0 Å². The Balaban J connectivity index is 2.99.